The molecule has 0 amide bonds. The summed E-state index contributed by atoms with van der Waals surface area (Å²) in [6.07, 6.45) is 5.54. The van der Waals surface area contributed by atoms with Crippen LogP contribution in [-0.4, -0.2) is 14.5 Å². The minimum absolute atomic E-state index is 0.828. The number of imidazole rings is 1. The minimum atomic E-state index is 0.828. The third-order valence-electron chi connectivity index (χ3n) is 2.90. The maximum Gasteiger partial charge on any atom is 0.138 e. The zero-order valence-electron chi connectivity index (χ0n) is 10.6. The quantitative estimate of drug-likeness (QED) is 0.791. The molecular weight excluding hydrogens is 256 g/mol. The molecule has 0 aliphatic carbocycles. The molecule has 96 valence electrons. The summed E-state index contributed by atoms with van der Waals surface area (Å²) in [5, 5.41) is 7.58. The highest BCUT2D eigenvalue weighted by atomic mass is 32.1. The molecule has 0 saturated carbocycles. The van der Waals surface area contributed by atoms with E-state index in [4.69, 9.17) is 0 Å². The van der Waals surface area contributed by atoms with E-state index in [1.807, 2.05) is 36.0 Å². The van der Waals surface area contributed by atoms with Gasteiger partial charge < -0.3 is 5.32 Å². The van der Waals surface area contributed by atoms with Crippen LogP contribution in [0.1, 0.15) is 11.4 Å². The Morgan fingerprint density at radius 1 is 1.26 bits per heavy atom. The number of pyridine rings is 1. The van der Waals surface area contributed by atoms with Crippen LogP contribution in [0, 0.1) is 6.92 Å². The maximum absolute atomic E-state index is 4.44. The summed E-state index contributed by atoms with van der Waals surface area (Å²) in [7, 11) is 0. The second-order valence-electron chi connectivity index (χ2n) is 4.23. The molecule has 3 heterocycles. The van der Waals surface area contributed by atoms with E-state index in [0.29, 0.717) is 0 Å². The average Bonchev–Trinajstić information content (AvgIpc) is 3.08. The number of aromatic nitrogens is 3. The summed E-state index contributed by atoms with van der Waals surface area (Å²) >= 11 is 1.71. The first-order chi connectivity index (χ1) is 9.33. The molecule has 0 unspecified atom stereocenters. The third-order valence-corrected chi connectivity index (χ3v) is 3.63. The van der Waals surface area contributed by atoms with Gasteiger partial charge in [0, 0.05) is 18.9 Å². The lowest BCUT2D eigenvalue weighted by Crippen LogP contribution is -2.01. The monoisotopic (exact) mass is 270 g/mol. The summed E-state index contributed by atoms with van der Waals surface area (Å²) in [6.45, 7) is 2.79. The lowest BCUT2D eigenvalue weighted by atomic mass is 10.3. The standard InChI is InChI=1S/C14H14N4S/c1-11-15-5-6-18(11)14-3-2-13(9-17-14)16-8-12-4-7-19-10-12/h2-7,9-10,16H,8H2,1H3. The molecule has 0 aliphatic heterocycles. The van der Waals surface area contributed by atoms with Gasteiger partial charge in [-0.25, -0.2) is 9.97 Å². The van der Waals surface area contributed by atoms with Crippen LogP contribution >= 0.6 is 11.3 Å². The van der Waals surface area contributed by atoms with Gasteiger partial charge in [-0.2, -0.15) is 11.3 Å². The lowest BCUT2D eigenvalue weighted by Gasteiger charge is -2.07. The van der Waals surface area contributed by atoms with Crippen molar-refractivity contribution in [2.75, 3.05) is 5.32 Å². The highest BCUT2D eigenvalue weighted by Crippen LogP contribution is 2.13. The van der Waals surface area contributed by atoms with Gasteiger partial charge in [0.1, 0.15) is 11.6 Å². The average molecular weight is 270 g/mol. The second kappa shape index (κ2) is 5.24. The van der Waals surface area contributed by atoms with Crippen LogP contribution in [0.2, 0.25) is 0 Å². The lowest BCUT2D eigenvalue weighted by molar-refractivity contribution is 0.932. The molecule has 0 aliphatic rings. The van der Waals surface area contributed by atoms with Gasteiger partial charge in [0.25, 0.3) is 0 Å². The molecule has 1 N–H and O–H groups in total. The van der Waals surface area contributed by atoms with E-state index in [1.165, 1.54) is 5.56 Å². The Hall–Kier alpha value is -2.14. The predicted octanol–water partition coefficient (Wildman–Crippen LogP) is 3.25. The van der Waals surface area contributed by atoms with Crippen LogP contribution in [0.3, 0.4) is 0 Å². The number of nitrogens with one attached hydrogen (secondary N) is 1. The first-order valence-corrected chi connectivity index (χ1v) is 6.98. The van der Waals surface area contributed by atoms with Gasteiger partial charge in [0.15, 0.2) is 0 Å². The Morgan fingerprint density at radius 2 is 2.21 bits per heavy atom. The number of aryl methyl sites for hydroxylation is 1. The smallest absolute Gasteiger partial charge is 0.138 e. The van der Waals surface area contributed by atoms with Gasteiger partial charge in [-0.3, -0.25) is 4.57 Å². The van der Waals surface area contributed by atoms with E-state index in [0.717, 1.165) is 23.9 Å². The van der Waals surface area contributed by atoms with E-state index in [2.05, 4.69) is 32.1 Å². The van der Waals surface area contributed by atoms with Crippen molar-refractivity contribution in [2.45, 2.75) is 13.5 Å². The fourth-order valence-corrected chi connectivity index (χ4v) is 2.52. The van der Waals surface area contributed by atoms with Crippen LogP contribution in [0.15, 0.2) is 47.5 Å². The van der Waals surface area contributed by atoms with Gasteiger partial charge in [-0.05, 0) is 41.4 Å². The Kier molecular flexibility index (Phi) is 3.29. The molecule has 0 saturated heterocycles. The summed E-state index contributed by atoms with van der Waals surface area (Å²) in [6, 6.07) is 6.15. The molecule has 3 rings (SSSR count). The van der Waals surface area contributed by atoms with E-state index in [9.17, 15) is 0 Å². The Bertz CT molecular complexity index is 640. The molecule has 0 spiro atoms. The molecule has 0 fully saturated rings. The third kappa shape index (κ3) is 2.66. The first-order valence-electron chi connectivity index (χ1n) is 6.04. The number of anilines is 1. The fraction of sp³-hybridized carbons (Fsp3) is 0.143. The molecule has 3 aromatic heterocycles. The van der Waals surface area contributed by atoms with E-state index < -0.39 is 0 Å². The highest BCUT2D eigenvalue weighted by Gasteiger charge is 2.01. The van der Waals surface area contributed by atoms with Crippen molar-refractivity contribution in [2.24, 2.45) is 0 Å². The van der Waals surface area contributed by atoms with Crippen molar-refractivity contribution >= 4 is 17.0 Å². The Morgan fingerprint density at radius 3 is 2.84 bits per heavy atom. The van der Waals surface area contributed by atoms with E-state index in [1.54, 1.807) is 17.5 Å². The van der Waals surface area contributed by atoms with Crippen LogP contribution < -0.4 is 5.32 Å². The highest BCUT2D eigenvalue weighted by molar-refractivity contribution is 7.07. The van der Waals surface area contributed by atoms with E-state index in [-0.39, 0.29) is 0 Å². The van der Waals surface area contributed by atoms with Crippen molar-refractivity contribution in [3.05, 3.63) is 58.9 Å². The van der Waals surface area contributed by atoms with Crippen LogP contribution in [0.25, 0.3) is 5.82 Å². The van der Waals surface area contributed by atoms with Crippen molar-refractivity contribution in [3.8, 4) is 5.82 Å². The minimum Gasteiger partial charge on any atom is -0.380 e. The number of thiophene rings is 1. The molecule has 0 bridgehead atoms. The largest absolute Gasteiger partial charge is 0.380 e. The molecule has 5 heteroatoms. The first kappa shape index (κ1) is 11.9. The summed E-state index contributed by atoms with van der Waals surface area (Å²) in [4.78, 5) is 8.64. The molecular formula is C14H14N4S. The van der Waals surface area contributed by atoms with Crippen molar-refractivity contribution in [1.82, 2.24) is 14.5 Å². The van der Waals surface area contributed by atoms with Crippen LogP contribution in [-0.2, 0) is 6.54 Å². The maximum atomic E-state index is 4.44. The fourth-order valence-electron chi connectivity index (χ4n) is 1.85. The molecule has 3 aromatic rings. The van der Waals surface area contributed by atoms with Gasteiger partial charge >= 0.3 is 0 Å². The number of rotatable bonds is 4. The normalized spacial score (nSPS) is 10.6. The number of hydrogen-bond donors (Lipinski definition) is 1. The van der Waals surface area contributed by atoms with Crippen LogP contribution in [0.4, 0.5) is 5.69 Å². The van der Waals surface area contributed by atoms with Crippen molar-refractivity contribution in [3.63, 3.8) is 0 Å². The zero-order chi connectivity index (χ0) is 13.1. The Labute approximate surface area is 115 Å². The molecule has 4 nitrogen and oxygen atoms in total. The number of hydrogen-bond acceptors (Lipinski definition) is 4. The molecule has 0 aromatic carbocycles. The molecule has 0 radical (unpaired) electrons. The van der Waals surface area contributed by atoms with Gasteiger partial charge in [0.05, 0.1) is 11.9 Å². The van der Waals surface area contributed by atoms with Gasteiger partial charge in [-0.1, -0.05) is 0 Å². The Balaban J connectivity index is 1.71. The van der Waals surface area contributed by atoms with E-state index >= 15 is 0 Å². The van der Waals surface area contributed by atoms with Crippen molar-refractivity contribution in [1.29, 1.82) is 0 Å². The molecule has 0 atom stereocenters. The number of nitrogens with zero attached hydrogens (tertiary/aromatic N) is 3. The topological polar surface area (TPSA) is 42.7 Å². The summed E-state index contributed by atoms with van der Waals surface area (Å²) in [5.41, 5.74) is 2.31. The SMILES string of the molecule is Cc1nccn1-c1ccc(NCc2ccsc2)cn1. The van der Waals surface area contributed by atoms with Crippen LogP contribution in [0.5, 0.6) is 0 Å². The van der Waals surface area contributed by atoms with Crippen molar-refractivity contribution < 1.29 is 0 Å². The zero-order valence-corrected chi connectivity index (χ0v) is 11.4. The second-order valence-corrected chi connectivity index (χ2v) is 5.01. The van der Waals surface area contributed by atoms with Gasteiger partial charge in [-0.15, -0.1) is 0 Å². The van der Waals surface area contributed by atoms with Gasteiger partial charge in [0.2, 0.25) is 0 Å². The predicted molar refractivity (Wildman–Crippen MR) is 77.7 cm³/mol. The summed E-state index contributed by atoms with van der Waals surface area (Å²) in [5.74, 6) is 1.82. The molecule has 19 heavy (non-hydrogen) atoms. The summed E-state index contributed by atoms with van der Waals surface area (Å²) < 4.78 is 1.96.